The summed E-state index contributed by atoms with van der Waals surface area (Å²) in [6.45, 7) is 6.21. The molecule has 0 bridgehead atoms. The van der Waals surface area contributed by atoms with Crippen molar-refractivity contribution in [2.45, 2.75) is 52.0 Å². The summed E-state index contributed by atoms with van der Waals surface area (Å²) in [4.78, 5) is 11.7. The van der Waals surface area contributed by atoms with Crippen LogP contribution in [0.1, 0.15) is 46.0 Å². The highest BCUT2D eigenvalue weighted by Crippen LogP contribution is 2.14. The van der Waals surface area contributed by atoms with Crippen molar-refractivity contribution in [3.63, 3.8) is 0 Å². The molecule has 0 spiro atoms. The fourth-order valence-corrected chi connectivity index (χ4v) is 2.02. The summed E-state index contributed by atoms with van der Waals surface area (Å²) in [5.74, 6) is 0.871. The van der Waals surface area contributed by atoms with Crippen LogP contribution in [0.2, 0.25) is 0 Å². The molecule has 1 aliphatic heterocycles. The highest BCUT2D eigenvalue weighted by Gasteiger charge is 2.23. The quantitative estimate of drug-likeness (QED) is 0.681. The molecule has 2 atom stereocenters. The molecule has 0 aromatic rings. The molecule has 2 N–H and O–H groups in total. The van der Waals surface area contributed by atoms with Crippen LogP contribution in [0.5, 0.6) is 0 Å². The van der Waals surface area contributed by atoms with Crippen molar-refractivity contribution in [2.75, 3.05) is 13.1 Å². The van der Waals surface area contributed by atoms with E-state index in [2.05, 4.69) is 24.5 Å². The number of piperidine rings is 1. The van der Waals surface area contributed by atoms with E-state index < -0.39 is 0 Å². The van der Waals surface area contributed by atoms with Gasteiger partial charge >= 0.3 is 0 Å². The van der Waals surface area contributed by atoms with Crippen molar-refractivity contribution in [3.8, 4) is 0 Å². The molecule has 0 aliphatic carbocycles. The van der Waals surface area contributed by atoms with Crippen molar-refractivity contribution in [3.05, 3.63) is 0 Å². The predicted octanol–water partition coefficient (Wildman–Crippen LogP) is 1.68. The summed E-state index contributed by atoms with van der Waals surface area (Å²) < 4.78 is 0. The number of amides is 1. The Hall–Kier alpha value is -0.570. The van der Waals surface area contributed by atoms with Gasteiger partial charge in [-0.05, 0) is 31.7 Å². The predicted molar refractivity (Wildman–Crippen MR) is 62.7 cm³/mol. The van der Waals surface area contributed by atoms with Crippen LogP contribution in [0.3, 0.4) is 0 Å². The molecule has 3 heteroatoms. The Morgan fingerprint density at radius 1 is 1.47 bits per heavy atom. The maximum atomic E-state index is 11.7. The fraction of sp³-hybridized carbons (Fsp3) is 0.917. The van der Waals surface area contributed by atoms with Crippen molar-refractivity contribution >= 4 is 5.91 Å². The van der Waals surface area contributed by atoms with Gasteiger partial charge in [0.25, 0.3) is 0 Å². The molecule has 1 amide bonds. The van der Waals surface area contributed by atoms with Gasteiger partial charge < -0.3 is 10.6 Å². The smallest absolute Gasteiger partial charge is 0.237 e. The van der Waals surface area contributed by atoms with Gasteiger partial charge in [-0.15, -0.1) is 0 Å². The lowest BCUT2D eigenvalue weighted by Gasteiger charge is -2.27. The highest BCUT2D eigenvalue weighted by molar-refractivity contribution is 5.81. The van der Waals surface area contributed by atoms with Crippen LogP contribution in [-0.2, 0) is 4.79 Å². The number of rotatable bonds is 5. The van der Waals surface area contributed by atoms with E-state index in [4.69, 9.17) is 0 Å². The van der Waals surface area contributed by atoms with Crippen LogP contribution in [0, 0.1) is 5.92 Å². The number of carbonyl (C=O) groups excluding carboxylic acids is 1. The van der Waals surface area contributed by atoms with Gasteiger partial charge in [0.2, 0.25) is 5.91 Å². The average Bonchev–Trinajstić information content (AvgIpc) is 2.24. The molecule has 1 aliphatic rings. The molecular weight excluding hydrogens is 188 g/mol. The molecule has 1 saturated heterocycles. The van der Waals surface area contributed by atoms with E-state index in [9.17, 15) is 4.79 Å². The number of hydrogen-bond acceptors (Lipinski definition) is 2. The van der Waals surface area contributed by atoms with Crippen molar-refractivity contribution < 1.29 is 4.79 Å². The average molecular weight is 212 g/mol. The molecule has 3 nitrogen and oxygen atoms in total. The third kappa shape index (κ3) is 4.65. The SMILES string of the molecule is CCCCCNC(=O)C1CC(C)CCN1. The van der Waals surface area contributed by atoms with Gasteiger partial charge in [0.1, 0.15) is 0 Å². The molecule has 0 saturated carbocycles. The number of carbonyl (C=O) groups is 1. The van der Waals surface area contributed by atoms with E-state index in [0.29, 0.717) is 5.92 Å². The van der Waals surface area contributed by atoms with Crippen molar-refractivity contribution in [1.29, 1.82) is 0 Å². The van der Waals surface area contributed by atoms with Crippen LogP contribution >= 0.6 is 0 Å². The van der Waals surface area contributed by atoms with Crippen molar-refractivity contribution in [2.24, 2.45) is 5.92 Å². The van der Waals surface area contributed by atoms with Crippen LogP contribution in [0.4, 0.5) is 0 Å². The molecule has 88 valence electrons. The molecule has 1 rings (SSSR count). The van der Waals surface area contributed by atoms with Gasteiger partial charge in [-0.1, -0.05) is 26.7 Å². The Morgan fingerprint density at radius 3 is 2.93 bits per heavy atom. The fourth-order valence-electron chi connectivity index (χ4n) is 2.02. The second kappa shape index (κ2) is 6.83. The lowest BCUT2D eigenvalue weighted by molar-refractivity contribution is -0.124. The molecular formula is C12H24N2O. The summed E-state index contributed by atoms with van der Waals surface area (Å²) in [6.07, 6.45) is 5.69. The van der Waals surface area contributed by atoms with E-state index >= 15 is 0 Å². The first kappa shape index (κ1) is 12.5. The minimum absolute atomic E-state index is 0.0513. The largest absolute Gasteiger partial charge is 0.355 e. The summed E-state index contributed by atoms with van der Waals surface area (Å²) >= 11 is 0. The zero-order valence-electron chi connectivity index (χ0n) is 10.0. The lowest BCUT2D eigenvalue weighted by Crippen LogP contribution is -2.48. The number of unbranched alkanes of at least 4 members (excludes halogenated alkanes) is 2. The lowest BCUT2D eigenvalue weighted by atomic mass is 9.94. The van der Waals surface area contributed by atoms with Gasteiger partial charge in [0.15, 0.2) is 0 Å². The summed E-state index contributed by atoms with van der Waals surface area (Å²) in [6, 6.07) is 0.0513. The van der Waals surface area contributed by atoms with Gasteiger partial charge in [-0.2, -0.15) is 0 Å². The Morgan fingerprint density at radius 2 is 2.27 bits per heavy atom. The van der Waals surface area contributed by atoms with E-state index in [1.54, 1.807) is 0 Å². The van der Waals surface area contributed by atoms with E-state index in [1.165, 1.54) is 19.3 Å². The molecule has 0 radical (unpaired) electrons. The van der Waals surface area contributed by atoms with Gasteiger partial charge in [0, 0.05) is 6.54 Å². The molecule has 0 aromatic carbocycles. The third-order valence-electron chi connectivity index (χ3n) is 3.06. The highest BCUT2D eigenvalue weighted by atomic mass is 16.2. The zero-order chi connectivity index (χ0) is 11.1. The second-order valence-electron chi connectivity index (χ2n) is 4.63. The van der Waals surface area contributed by atoms with E-state index in [1.807, 2.05) is 0 Å². The van der Waals surface area contributed by atoms with E-state index in [0.717, 1.165) is 25.9 Å². The van der Waals surface area contributed by atoms with Crippen LogP contribution in [0.25, 0.3) is 0 Å². The standard InChI is InChI=1S/C12H24N2O/c1-3-4-5-7-14-12(15)11-9-10(2)6-8-13-11/h10-11,13H,3-9H2,1-2H3,(H,14,15). The molecule has 0 aromatic heterocycles. The van der Waals surface area contributed by atoms with Gasteiger partial charge in [-0.3, -0.25) is 4.79 Å². The number of nitrogens with one attached hydrogen (secondary N) is 2. The Bertz CT molecular complexity index is 194. The van der Waals surface area contributed by atoms with Crippen LogP contribution in [-0.4, -0.2) is 25.0 Å². The molecule has 15 heavy (non-hydrogen) atoms. The first-order chi connectivity index (χ1) is 7.24. The minimum Gasteiger partial charge on any atom is -0.355 e. The number of hydrogen-bond donors (Lipinski definition) is 2. The first-order valence-electron chi connectivity index (χ1n) is 6.25. The minimum atomic E-state index is 0.0513. The van der Waals surface area contributed by atoms with E-state index in [-0.39, 0.29) is 11.9 Å². The Balaban J connectivity index is 2.15. The molecule has 1 heterocycles. The van der Waals surface area contributed by atoms with Crippen molar-refractivity contribution in [1.82, 2.24) is 10.6 Å². The summed E-state index contributed by atoms with van der Waals surface area (Å²) in [7, 11) is 0. The maximum Gasteiger partial charge on any atom is 0.237 e. The zero-order valence-corrected chi connectivity index (χ0v) is 10.0. The maximum absolute atomic E-state index is 11.7. The monoisotopic (exact) mass is 212 g/mol. The molecule has 1 fully saturated rings. The van der Waals surface area contributed by atoms with Crippen LogP contribution in [0.15, 0.2) is 0 Å². The van der Waals surface area contributed by atoms with Crippen LogP contribution < -0.4 is 10.6 Å². The third-order valence-corrected chi connectivity index (χ3v) is 3.06. The summed E-state index contributed by atoms with van der Waals surface area (Å²) in [5.41, 5.74) is 0. The topological polar surface area (TPSA) is 41.1 Å². The first-order valence-corrected chi connectivity index (χ1v) is 6.25. The normalized spacial score (nSPS) is 26.3. The second-order valence-corrected chi connectivity index (χ2v) is 4.63. The Kier molecular flexibility index (Phi) is 5.69. The summed E-state index contributed by atoms with van der Waals surface area (Å²) in [5, 5.41) is 6.28. The van der Waals surface area contributed by atoms with Gasteiger partial charge in [0.05, 0.1) is 6.04 Å². The molecule has 2 unspecified atom stereocenters. The van der Waals surface area contributed by atoms with Gasteiger partial charge in [-0.25, -0.2) is 0 Å². The Labute approximate surface area is 93.0 Å².